The zero-order valence-corrected chi connectivity index (χ0v) is 11.9. The second-order valence-electron chi connectivity index (χ2n) is 3.88. The number of benzene rings is 1. The van der Waals surface area contributed by atoms with E-state index < -0.39 is 0 Å². The fourth-order valence-electron chi connectivity index (χ4n) is 1.51. The maximum absolute atomic E-state index is 11.7. The van der Waals surface area contributed by atoms with Crippen molar-refractivity contribution in [3.63, 3.8) is 0 Å². The van der Waals surface area contributed by atoms with Crippen LogP contribution in [-0.2, 0) is 4.79 Å². The Morgan fingerprint density at radius 2 is 2.32 bits per heavy atom. The molecule has 0 aliphatic rings. The average Bonchev–Trinajstić information content (AvgIpc) is 2.76. The van der Waals surface area contributed by atoms with Crippen LogP contribution in [-0.4, -0.2) is 34.1 Å². The van der Waals surface area contributed by atoms with Gasteiger partial charge in [0.25, 0.3) is 0 Å². The molecule has 7 heteroatoms. The number of nitrogens with one attached hydrogen (secondary N) is 1. The van der Waals surface area contributed by atoms with Crippen LogP contribution in [0.4, 0.5) is 10.8 Å². The molecule has 5 nitrogen and oxygen atoms in total. The molecule has 0 bridgehead atoms. The number of carbonyl (C=O) groups is 1. The van der Waals surface area contributed by atoms with E-state index in [9.17, 15) is 4.79 Å². The summed E-state index contributed by atoms with van der Waals surface area (Å²) < 4.78 is 0.963. The molecular weight excluding hydrogens is 282 g/mol. The normalized spacial score (nSPS) is 10.8. The molecule has 1 aromatic heterocycles. The quantitative estimate of drug-likeness (QED) is 0.560. The van der Waals surface area contributed by atoms with Crippen LogP contribution in [0.5, 0.6) is 0 Å². The van der Waals surface area contributed by atoms with Crippen LogP contribution in [0.1, 0.15) is 6.42 Å². The molecule has 2 rings (SSSR count). The van der Waals surface area contributed by atoms with Gasteiger partial charge in [-0.25, -0.2) is 4.98 Å². The van der Waals surface area contributed by atoms with Crippen LogP contribution in [0.2, 0.25) is 0 Å². The van der Waals surface area contributed by atoms with Crippen LogP contribution >= 0.6 is 23.1 Å². The highest BCUT2D eigenvalue weighted by Gasteiger charge is 2.07. The largest absolute Gasteiger partial charge is 0.399 e. The minimum absolute atomic E-state index is 0.0579. The molecule has 102 valence electrons. The van der Waals surface area contributed by atoms with Gasteiger partial charge in [-0.05, 0) is 18.2 Å². The van der Waals surface area contributed by atoms with E-state index in [1.54, 1.807) is 17.8 Å². The zero-order valence-electron chi connectivity index (χ0n) is 10.3. The van der Waals surface area contributed by atoms with Gasteiger partial charge in [0.1, 0.15) is 0 Å². The molecule has 1 heterocycles. The van der Waals surface area contributed by atoms with Crippen LogP contribution in [0.15, 0.2) is 18.2 Å². The second-order valence-corrected chi connectivity index (χ2v) is 6.14. The van der Waals surface area contributed by atoms with Crippen LogP contribution in [0.3, 0.4) is 0 Å². The predicted molar refractivity (Wildman–Crippen MR) is 81.7 cm³/mol. The van der Waals surface area contributed by atoms with E-state index in [-0.39, 0.29) is 12.5 Å². The third kappa shape index (κ3) is 4.09. The number of anilines is 2. The molecule has 0 atom stereocenters. The Balaban J connectivity index is 1.91. The third-order valence-corrected chi connectivity index (χ3v) is 4.27. The number of carbonyl (C=O) groups excluding carboxylic acids is 1. The maximum Gasteiger partial charge on any atom is 0.226 e. The lowest BCUT2D eigenvalue weighted by Gasteiger charge is -2.00. The molecule has 0 saturated heterocycles. The summed E-state index contributed by atoms with van der Waals surface area (Å²) in [5, 5.41) is 12.0. The van der Waals surface area contributed by atoms with Gasteiger partial charge in [0.05, 0.1) is 16.8 Å². The summed E-state index contributed by atoms with van der Waals surface area (Å²) in [5.74, 6) is 1.30. The number of aliphatic hydroxyl groups excluding tert-OH is 1. The van der Waals surface area contributed by atoms with E-state index in [4.69, 9.17) is 10.8 Å². The number of nitrogen functional groups attached to an aromatic ring is 1. The van der Waals surface area contributed by atoms with Gasteiger partial charge in [0.15, 0.2) is 5.13 Å². The number of hydrogen-bond acceptors (Lipinski definition) is 6. The number of thioether (sulfide) groups is 1. The highest BCUT2D eigenvalue weighted by atomic mass is 32.2. The molecule has 0 spiro atoms. The summed E-state index contributed by atoms with van der Waals surface area (Å²) in [5.41, 5.74) is 7.22. The maximum atomic E-state index is 11.7. The number of nitrogens with zero attached hydrogens (tertiary/aromatic N) is 1. The molecule has 0 saturated carbocycles. The average molecular weight is 297 g/mol. The van der Waals surface area contributed by atoms with Gasteiger partial charge < -0.3 is 16.2 Å². The number of nitrogens with two attached hydrogens (primary N) is 1. The summed E-state index contributed by atoms with van der Waals surface area (Å²) in [7, 11) is 0. The smallest absolute Gasteiger partial charge is 0.226 e. The van der Waals surface area contributed by atoms with Gasteiger partial charge in [0, 0.05) is 23.6 Å². The topological polar surface area (TPSA) is 88.2 Å². The highest BCUT2D eigenvalue weighted by Crippen LogP contribution is 2.27. The van der Waals surface area contributed by atoms with Crippen molar-refractivity contribution in [2.75, 3.05) is 29.2 Å². The Hall–Kier alpha value is -1.31. The lowest BCUT2D eigenvalue weighted by Crippen LogP contribution is -2.12. The minimum Gasteiger partial charge on any atom is -0.399 e. The number of amides is 1. The molecule has 1 amide bonds. The molecule has 0 aliphatic heterocycles. The monoisotopic (exact) mass is 297 g/mol. The van der Waals surface area contributed by atoms with Gasteiger partial charge in [-0.3, -0.25) is 4.79 Å². The van der Waals surface area contributed by atoms with Crippen molar-refractivity contribution in [3.8, 4) is 0 Å². The minimum atomic E-state index is -0.0579. The van der Waals surface area contributed by atoms with Crippen molar-refractivity contribution in [2.24, 2.45) is 0 Å². The Morgan fingerprint density at radius 1 is 1.47 bits per heavy atom. The Kier molecular flexibility index (Phi) is 5.00. The Labute approximate surface area is 119 Å². The SMILES string of the molecule is Nc1ccc2nc(NC(=O)CCSCCO)sc2c1. The molecule has 1 aromatic carbocycles. The predicted octanol–water partition coefficient (Wildman–Crippen LogP) is 1.93. The van der Waals surface area contributed by atoms with E-state index in [0.29, 0.717) is 28.7 Å². The summed E-state index contributed by atoms with van der Waals surface area (Å²) in [6.45, 7) is 0.144. The fourth-order valence-corrected chi connectivity index (χ4v) is 3.10. The number of rotatable bonds is 6. The lowest BCUT2D eigenvalue weighted by molar-refractivity contribution is -0.115. The van der Waals surface area contributed by atoms with E-state index >= 15 is 0 Å². The highest BCUT2D eigenvalue weighted by molar-refractivity contribution is 7.99. The number of thiazole rings is 1. The van der Waals surface area contributed by atoms with E-state index in [1.165, 1.54) is 11.3 Å². The first-order valence-electron chi connectivity index (χ1n) is 5.83. The van der Waals surface area contributed by atoms with Crippen molar-refractivity contribution in [1.82, 2.24) is 4.98 Å². The summed E-state index contributed by atoms with van der Waals surface area (Å²) in [4.78, 5) is 16.0. The zero-order chi connectivity index (χ0) is 13.7. The third-order valence-electron chi connectivity index (χ3n) is 2.37. The molecule has 0 fully saturated rings. The first-order valence-corrected chi connectivity index (χ1v) is 7.80. The molecule has 0 radical (unpaired) electrons. The van der Waals surface area contributed by atoms with Gasteiger partial charge in [0.2, 0.25) is 5.91 Å². The molecule has 0 unspecified atom stereocenters. The first-order chi connectivity index (χ1) is 9.19. The molecule has 0 aliphatic carbocycles. The van der Waals surface area contributed by atoms with Gasteiger partial charge >= 0.3 is 0 Å². The van der Waals surface area contributed by atoms with Gasteiger partial charge in [-0.15, -0.1) is 0 Å². The van der Waals surface area contributed by atoms with Crippen molar-refractivity contribution >= 4 is 50.0 Å². The lowest BCUT2D eigenvalue weighted by atomic mass is 10.3. The molecular formula is C12H15N3O2S2. The standard InChI is InChI=1S/C12H15N3O2S2/c13-8-1-2-9-10(7-8)19-12(14-9)15-11(17)3-5-18-6-4-16/h1-2,7,16H,3-6,13H2,(H,14,15,17). The molecule has 2 aromatic rings. The van der Waals surface area contributed by atoms with Crippen molar-refractivity contribution in [1.29, 1.82) is 0 Å². The first kappa shape index (κ1) is 14.1. The summed E-state index contributed by atoms with van der Waals surface area (Å²) in [6, 6.07) is 5.48. The number of hydrogen-bond donors (Lipinski definition) is 3. The van der Waals surface area contributed by atoms with Crippen LogP contribution in [0.25, 0.3) is 10.2 Å². The fraction of sp³-hybridized carbons (Fsp3) is 0.333. The molecule has 19 heavy (non-hydrogen) atoms. The van der Waals surface area contributed by atoms with Crippen LogP contribution < -0.4 is 11.1 Å². The van der Waals surface area contributed by atoms with Crippen molar-refractivity contribution in [3.05, 3.63) is 18.2 Å². The Bertz CT molecular complexity index is 571. The number of fused-ring (bicyclic) bond motifs is 1. The van der Waals surface area contributed by atoms with E-state index in [0.717, 1.165) is 10.2 Å². The van der Waals surface area contributed by atoms with E-state index in [1.807, 2.05) is 12.1 Å². The molecule has 4 N–H and O–H groups in total. The van der Waals surface area contributed by atoms with E-state index in [2.05, 4.69) is 10.3 Å². The number of aliphatic hydroxyl groups is 1. The van der Waals surface area contributed by atoms with Gasteiger partial charge in [-0.1, -0.05) is 11.3 Å². The van der Waals surface area contributed by atoms with Gasteiger partial charge in [-0.2, -0.15) is 11.8 Å². The Morgan fingerprint density at radius 3 is 3.11 bits per heavy atom. The summed E-state index contributed by atoms with van der Waals surface area (Å²) in [6.07, 6.45) is 0.419. The van der Waals surface area contributed by atoms with Crippen molar-refractivity contribution < 1.29 is 9.90 Å². The number of aromatic nitrogens is 1. The summed E-state index contributed by atoms with van der Waals surface area (Å²) >= 11 is 2.97. The van der Waals surface area contributed by atoms with Crippen molar-refractivity contribution in [2.45, 2.75) is 6.42 Å². The second kappa shape index (κ2) is 6.74. The van der Waals surface area contributed by atoms with Crippen LogP contribution in [0, 0.1) is 0 Å².